The molecule has 3 aromatic rings. The molecule has 0 fully saturated rings. The lowest BCUT2D eigenvalue weighted by molar-refractivity contribution is 0.386. The summed E-state index contributed by atoms with van der Waals surface area (Å²) in [7, 11) is 2.66. The van der Waals surface area contributed by atoms with Gasteiger partial charge in [-0.25, -0.2) is 13.2 Å². The second-order valence-corrected chi connectivity index (χ2v) is 6.24. The van der Waals surface area contributed by atoms with Crippen LogP contribution in [0.5, 0.6) is 11.5 Å². The standard InChI is InChI=1S/C20H18F3N3O3/c1-11-6-15(23)17(28-2)8-16(11)24-20-25-19(27)18(29-3)10-26(20)9-12-4-5-13(21)14(22)7-12/h4-8,10H,9H2,1-3H3,(H,24,25,27). The van der Waals surface area contributed by atoms with Gasteiger partial charge in [0, 0.05) is 11.8 Å². The van der Waals surface area contributed by atoms with Gasteiger partial charge in [-0.2, -0.15) is 4.98 Å². The summed E-state index contributed by atoms with van der Waals surface area (Å²) >= 11 is 0. The average Bonchev–Trinajstić information content (AvgIpc) is 2.68. The number of rotatable bonds is 6. The van der Waals surface area contributed by atoms with E-state index >= 15 is 0 Å². The van der Waals surface area contributed by atoms with Crippen molar-refractivity contribution in [1.29, 1.82) is 0 Å². The van der Waals surface area contributed by atoms with Crippen molar-refractivity contribution in [3.05, 3.63) is 75.5 Å². The van der Waals surface area contributed by atoms with Gasteiger partial charge >= 0.3 is 5.56 Å². The topological polar surface area (TPSA) is 65.4 Å². The van der Waals surface area contributed by atoms with Crippen LogP contribution >= 0.6 is 0 Å². The molecule has 0 bridgehead atoms. The summed E-state index contributed by atoms with van der Waals surface area (Å²) in [5.41, 5.74) is 0.822. The molecule has 29 heavy (non-hydrogen) atoms. The summed E-state index contributed by atoms with van der Waals surface area (Å²) < 4.78 is 52.2. The Bertz CT molecular complexity index is 1120. The summed E-state index contributed by atoms with van der Waals surface area (Å²) in [5, 5.41) is 2.96. The lowest BCUT2D eigenvalue weighted by atomic mass is 10.2. The van der Waals surface area contributed by atoms with Crippen LogP contribution in [0.15, 0.2) is 41.3 Å². The number of ether oxygens (including phenoxy) is 2. The largest absolute Gasteiger partial charge is 0.494 e. The Hall–Kier alpha value is -3.49. The number of hydrogen-bond acceptors (Lipinski definition) is 5. The molecule has 2 aromatic carbocycles. The van der Waals surface area contributed by atoms with E-state index in [0.717, 1.165) is 12.1 Å². The number of aryl methyl sites for hydroxylation is 1. The normalized spacial score (nSPS) is 10.7. The van der Waals surface area contributed by atoms with Crippen LogP contribution in [0.25, 0.3) is 0 Å². The number of hydrogen-bond donors (Lipinski definition) is 1. The van der Waals surface area contributed by atoms with Crippen LogP contribution in [0.3, 0.4) is 0 Å². The van der Waals surface area contributed by atoms with Crippen molar-refractivity contribution in [1.82, 2.24) is 9.55 Å². The maximum atomic E-state index is 13.9. The van der Waals surface area contributed by atoms with Gasteiger partial charge in [-0.3, -0.25) is 4.79 Å². The Morgan fingerprint density at radius 3 is 2.38 bits per heavy atom. The SMILES string of the molecule is COc1cc(Nc2nc(=O)c(OC)cn2Cc2ccc(F)c(F)c2)c(C)cc1F. The highest BCUT2D eigenvalue weighted by Crippen LogP contribution is 2.28. The molecule has 0 amide bonds. The highest BCUT2D eigenvalue weighted by atomic mass is 19.2. The van der Waals surface area contributed by atoms with Crippen molar-refractivity contribution in [2.24, 2.45) is 0 Å². The Labute approximate surface area is 164 Å². The molecule has 6 nitrogen and oxygen atoms in total. The Kier molecular flexibility index (Phi) is 5.76. The van der Waals surface area contributed by atoms with Gasteiger partial charge in [0.2, 0.25) is 11.7 Å². The molecule has 3 rings (SSSR count). The lowest BCUT2D eigenvalue weighted by Gasteiger charge is -2.17. The molecule has 0 aliphatic heterocycles. The molecule has 0 spiro atoms. The van der Waals surface area contributed by atoms with E-state index in [1.807, 2.05) is 0 Å². The number of benzene rings is 2. The average molecular weight is 405 g/mol. The Morgan fingerprint density at radius 2 is 1.72 bits per heavy atom. The first-order chi connectivity index (χ1) is 13.8. The zero-order valence-electron chi connectivity index (χ0n) is 15.9. The first-order valence-corrected chi connectivity index (χ1v) is 8.53. The molecular formula is C20H18F3N3O3. The number of nitrogens with zero attached hydrogens (tertiary/aromatic N) is 2. The third kappa shape index (κ3) is 4.34. The van der Waals surface area contributed by atoms with Gasteiger partial charge in [0.25, 0.3) is 0 Å². The fraction of sp³-hybridized carbons (Fsp3) is 0.200. The van der Waals surface area contributed by atoms with E-state index < -0.39 is 23.0 Å². The van der Waals surface area contributed by atoms with Crippen molar-refractivity contribution in [3.63, 3.8) is 0 Å². The monoisotopic (exact) mass is 405 g/mol. The maximum Gasteiger partial charge on any atom is 0.316 e. The molecule has 1 heterocycles. The highest BCUT2D eigenvalue weighted by Gasteiger charge is 2.14. The third-order valence-corrected chi connectivity index (χ3v) is 4.27. The zero-order chi connectivity index (χ0) is 21.1. The third-order valence-electron chi connectivity index (χ3n) is 4.27. The van der Waals surface area contributed by atoms with Crippen LogP contribution in [-0.4, -0.2) is 23.8 Å². The molecule has 1 aromatic heterocycles. The number of halogens is 3. The predicted molar refractivity (Wildman–Crippen MR) is 101 cm³/mol. The summed E-state index contributed by atoms with van der Waals surface area (Å²) in [6.07, 6.45) is 1.40. The van der Waals surface area contributed by atoms with E-state index in [0.29, 0.717) is 16.8 Å². The van der Waals surface area contributed by atoms with Crippen LogP contribution in [0.1, 0.15) is 11.1 Å². The van der Waals surface area contributed by atoms with Crippen LogP contribution < -0.4 is 20.3 Å². The van der Waals surface area contributed by atoms with E-state index in [1.54, 1.807) is 6.92 Å². The van der Waals surface area contributed by atoms with Gasteiger partial charge < -0.3 is 19.4 Å². The minimum atomic E-state index is -0.989. The quantitative estimate of drug-likeness (QED) is 0.676. The molecule has 0 unspecified atom stereocenters. The van der Waals surface area contributed by atoms with Gasteiger partial charge in [-0.1, -0.05) is 6.07 Å². The predicted octanol–water partition coefficient (Wildman–Crippen LogP) is 3.78. The van der Waals surface area contributed by atoms with Gasteiger partial charge in [0.15, 0.2) is 23.2 Å². The zero-order valence-corrected chi connectivity index (χ0v) is 15.9. The second kappa shape index (κ2) is 8.26. The van der Waals surface area contributed by atoms with E-state index in [1.165, 1.54) is 43.2 Å². The summed E-state index contributed by atoms with van der Waals surface area (Å²) in [5.74, 6) is -2.38. The van der Waals surface area contributed by atoms with Gasteiger partial charge in [0.1, 0.15) is 0 Å². The molecule has 0 radical (unpaired) electrons. The number of anilines is 2. The first-order valence-electron chi connectivity index (χ1n) is 8.53. The van der Waals surface area contributed by atoms with Crippen LogP contribution in [0.2, 0.25) is 0 Å². The Balaban J connectivity index is 2.05. The molecule has 1 N–H and O–H groups in total. The molecule has 0 aliphatic carbocycles. The van der Waals surface area contributed by atoms with E-state index in [9.17, 15) is 18.0 Å². The number of nitrogens with one attached hydrogen (secondary N) is 1. The smallest absolute Gasteiger partial charge is 0.316 e. The summed E-state index contributed by atoms with van der Waals surface area (Å²) in [6, 6.07) is 6.19. The van der Waals surface area contributed by atoms with Gasteiger partial charge in [-0.15, -0.1) is 0 Å². The molecule has 0 atom stereocenters. The lowest BCUT2D eigenvalue weighted by Crippen LogP contribution is -2.19. The van der Waals surface area contributed by atoms with Crippen LogP contribution in [-0.2, 0) is 6.54 Å². The molecule has 0 saturated carbocycles. The molecule has 9 heteroatoms. The fourth-order valence-corrected chi connectivity index (χ4v) is 2.73. The highest BCUT2D eigenvalue weighted by molar-refractivity contribution is 5.61. The van der Waals surface area contributed by atoms with E-state index in [4.69, 9.17) is 9.47 Å². The van der Waals surface area contributed by atoms with E-state index in [-0.39, 0.29) is 24.0 Å². The van der Waals surface area contributed by atoms with Crippen LogP contribution in [0, 0.1) is 24.4 Å². The van der Waals surface area contributed by atoms with Crippen molar-refractivity contribution in [2.45, 2.75) is 13.5 Å². The van der Waals surface area contributed by atoms with E-state index in [2.05, 4.69) is 10.3 Å². The second-order valence-electron chi connectivity index (χ2n) is 6.24. The van der Waals surface area contributed by atoms with Crippen molar-refractivity contribution in [2.75, 3.05) is 19.5 Å². The molecule has 0 aliphatic rings. The summed E-state index contributed by atoms with van der Waals surface area (Å²) in [6.45, 7) is 1.74. The molecule has 152 valence electrons. The minimum absolute atomic E-state index is 0.0149. The summed E-state index contributed by atoms with van der Waals surface area (Å²) in [4.78, 5) is 16.1. The Morgan fingerprint density at radius 1 is 1.00 bits per heavy atom. The molecule has 0 saturated heterocycles. The van der Waals surface area contributed by atoms with Gasteiger partial charge in [0.05, 0.1) is 27.0 Å². The van der Waals surface area contributed by atoms with Crippen molar-refractivity contribution >= 4 is 11.6 Å². The minimum Gasteiger partial charge on any atom is -0.494 e. The van der Waals surface area contributed by atoms with Crippen molar-refractivity contribution < 1.29 is 22.6 Å². The maximum absolute atomic E-state index is 13.9. The first kappa shape index (κ1) is 20.2. The van der Waals surface area contributed by atoms with Crippen LogP contribution in [0.4, 0.5) is 24.8 Å². The number of methoxy groups -OCH3 is 2. The van der Waals surface area contributed by atoms with Crippen molar-refractivity contribution in [3.8, 4) is 11.5 Å². The van der Waals surface area contributed by atoms with Gasteiger partial charge in [-0.05, 0) is 36.2 Å². The number of aromatic nitrogens is 2. The fourth-order valence-electron chi connectivity index (χ4n) is 2.73. The molecular weight excluding hydrogens is 387 g/mol.